The molecule has 18 heavy (non-hydrogen) atoms. The largest absolute Gasteiger partial charge is 0.508 e. The number of rotatable bonds is 3. The van der Waals surface area contributed by atoms with Gasteiger partial charge in [-0.25, -0.2) is 4.79 Å². The highest BCUT2D eigenvalue weighted by Gasteiger charge is 2.17. The number of imide groups is 1. The fourth-order valence-corrected chi connectivity index (χ4v) is 1.33. The highest BCUT2D eigenvalue weighted by Crippen LogP contribution is 2.22. The molecule has 0 aliphatic heterocycles. The van der Waals surface area contributed by atoms with E-state index in [1.165, 1.54) is 20.0 Å². The lowest BCUT2D eigenvalue weighted by molar-refractivity contribution is -0.126. The van der Waals surface area contributed by atoms with Crippen LogP contribution in [0.15, 0.2) is 18.2 Å². The van der Waals surface area contributed by atoms with Gasteiger partial charge in [0.1, 0.15) is 11.5 Å². The van der Waals surface area contributed by atoms with E-state index in [1.807, 2.05) is 0 Å². The molecule has 0 aliphatic rings. The first-order valence-corrected chi connectivity index (χ1v) is 5.42. The Labute approximate surface area is 105 Å². The summed E-state index contributed by atoms with van der Waals surface area (Å²) in [6.07, 6.45) is -0.844. The van der Waals surface area contributed by atoms with Gasteiger partial charge in [0.15, 0.2) is 6.10 Å². The molecule has 0 saturated carbocycles. The van der Waals surface area contributed by atoms with Crippen LogP contribution in [0.1, 0.15) is 12.5 Å². The van der Waals surface area contributed by atoms with E-state index in [0.717, 1.165) is 5.56 Å². The maximum atomic E-state index is 11.5. The third kappa shape index (κ3) is 3.97. The van der Waals surface area contributed by atoms with Gasteiger partial charge < -0.3 is 15.2 Å². The second kappa shape index (κ2) is 5.90. The van der Waals surface area contributed by atoms with Crippen molar-refractivity contribution in [1.82, 2.24) is 10.6 Å². The van der Waals surface area contributed by atoms with Crippen molar-refractivity contribution < 1.29 is 19.4 Å². The van der Waals surface area contributed by atoms with Gasteiger partial charge in [-0.05, 0) is 31.5 Å². The molecule has 0 heterocycles. The maximum absolute atomic E-state index is 11.5. The van der Waals surface area contributed by atoms with Gasteiger partial charge in [-0.15, -0.1) is 0 Å². The number of carbonyl (C=O) groups excluding carboxylic acids is 2. The Kier molecular flexibility index (Phi) is 4.53. The van der Waals surface area contributed by atoms with E-state index in [9.17, 15) is 14.7 Å². The molecule has 6 heteroatoms. The van der Waals surface area contributed by atoms with Gasteiger partial charge in [0, 0.05) is 13.1 Å². The van der Waals surface area contributed by atoms with Crippen molar-refractivity contribution in [3.05, 3.63) is 23.8 Å². The van der Waals surface area contributed by atoms with E-state index >= 15 is 0 Å². The Hall–Kier alpha value is -2.24. The van der Waals surface area contributed by atoms with Gasteiger partial charge in [0.2, 0.25) is 0 Å². The lowest BCUT2D eigenvalue weighted by atomic mass is 10.2. The smallest absolute Gasteiger partial charge is 0.321 e. The van der Waals surface area contributed by atoms with Crippen LogP contribution >= 0.6 is 0 Å². The minimum Gasteiger partial charge on any atom is -0.508 e. The predicted molar refractivity (Wildman–Crippen MR) is 65.5 cm³/mol. The van der Waals surface area contributed by atoms with Crippen molar-refractivity contribution in [2.45, 2.75) is 20.0 Å². The first-order valence-electron chi connectivity index (χ1n) is 5.42. The number of phenolic OH excluding ortho intramolecular Hbond substituents is 1. The van der Waals surface area contributed by atoms with Gasteiger partial charge in [-0.1, -0.05) is 0 Å². The Morgan fingerprint density at radius 2 is 2.00 bits per heavy atom. The summed E-state index contributed by atoms with van der Waals surface area (Å²) in [5.74, 6) is -0.133. The molecule has 1 unspecified atom stereocenters. The van der Waals surface area contributed by atoms with Crippen molar-refractivity contribution in [1.29, 1.82) is 0 Å². The molecule has 1 rings (SSSR count). The third-order valence-electron chi connectivity index (χ3n) is 2.18. The van der Waals surface area contributed by atoms with Gasteiger partial charge in [0.25, 0.3) is 5.91 Å². The molecule has 0 spiro atoms. The van der Waals surface area contributed by atoms with E-state index in [4.69, 9.17) is 4.74 Å². The van der Waals surface area contributed by atoms with Crippen LogP contribution < -0.4 is 15.4 Å². The molecular formula is C12H16N2O4. The molecule has 98 valence electrons. The van der Waals surface area contributed by atoms with Crippen molar-refractivity contribution in [3.8, 4) is 11.5 Å². The first kappa shape index (κ1) is 13.8. The summed E-state index contributed by atoms with van der Waals surface area (Å²) in [5, 5.41) is 13.8. The molecule has 6 nitrogen and oxygen atoms in total. The Balaban J connectivity index is 2.66. The number of ether oxygens (including phenoxy) is 1. The highest BCUT2D eigenvalue weighted by atomic mass is 16.5. The van der Waals surface area contributed by atoms with Gasteiger partial charge in [-0.3, -0.25) is 10.1 Å². The monoisotopic (exact) mass is 252 g/mol. The lowest BCUT2D eigenvalue weighted by Crippen LogP contribution is -2.43. The van der Waals surface area contributed by atoms with Crippen molar-refractivity contribution >= 4 is 11.9 Å². The summed E-state index contributed by atoms with van der Waals surface area (Å²) >= 11 is 0. The van der Waals surface area contributed by atoms with E-state index < -0.39 is 18.0 Å². The molecule has 0 saturated heterocycles. The highest BCUT2D eigenvalue weighted by molar-refractivity contribution is 5.96. The van der Waals surface area contributed by atoms with E-state index in [2.05, 4.69) is 10.6 Å². The number of aromatic hydroxyl groups is 1. The van der Waals surface area contributed by atoms with Crippen LogP contribution in [0.3, 0.4) is 0 Å². The summed E-state index contributed by atoms with van der Waals surface area (Å²) in [7, 11) is 1.41. The second-order valence-corrected chi connectivity index (χ2v) is 3.83. The zero-order chi connectivity index (χ0) is 13.7. The molecule has 3 N–H and O–H groups in total. The number of carbonyl (C=O) groups is 2. The number of hydrogen-bond acceptors (Lipinski definition) is 4. The average Bonchev–Trinajstić information content (AvgIpc) is 2.27. The number of aryl methyl sites for hydroxylation is 1. The van der Waals surface area contributed by atoms with E-state index in [0.29, 0.717) is 5.75 Å². The number of phenols is 1. The Bertz CT molecular complexity index is 439. The van der Waals surface area contributed by atoms with Crippen LogP contribution in [0.25, 0.3) is 0 Å². The number of hydrogen-bond donors (Lipinski definition) is 3. The standard InChI is InChI=1S/C12H16N2O4/c1-7-4-9(15)6-10(5-7)18-8(2)11(16)14-12(17)13-3/h4-6,8,15H,1-3H3,(H2,13,14,16,17). The molecule has 0 aliphatic carbocycles. The van der Waals surface area contributed by atoms with Crippen LogP contribution in [0, 0.1) is 6.92 Å². The van der Waals surface area contributed by atoms with Crippen molar-refractivity contribution in [3.63, 3.8) is 0 Å². The molecule has 1 atom stereocenters. The molecule has 1 aromatic carbocycles. The SMILES string of the molecule is CNC(=O)NC(=O)C(C)Oc1cc(C)cc(O)c1. The molecule has 0 aromatic heterocycles. The summed E-state index contributed by atoms with van der Waals surface area (Å²) in [5.41, 5.74) is 0.809. The van der Waals surface area contributed by atoms with Crippen molar-refractivity contribution in [2.75, 3.05) is 7.05 Å². The Morgan fingerprint density at radius 1 is 1.33 bits per heavy atom. The van der Waals surface area contributed by atoms with E-state index in [1.54, 1.807) is 19.1 Å². The van der Waals surface area contributed by atoms with Gasteiger partial charge in [-0.2, -0.15) is 0 Å². The van der Waals surface area contributed by atoms with Crippen LogP contribution in [0.5, 0.6) is 11.5 Å². The molecule has 0 bridgehead atoms. The number of benzene rings is 1. The minimum absolute atomic E-state index is 0.0592. The zero-order valence-corrected chi connectivity index (χ0v) is 10.5. The van der Waals surface area contributed by atoms with Crippen LogP contribution in [-0.4, -0.2) is 30.2 Å². The molecule has 0 fully saturated rings. The van der Waals surface area contributed by atoms with Gasteiger partial charge >= 0.3 is 6.03 Å². The summed E-state index contributed by atoms with van der Waals surface area (Å²) in [6, 6.07) is 4.06. The number of amides is 3. The molecule has 3 amide bonds. The van der Waals surface area contributed by atoms with E-state index in [-0.39, 0.29) is 5.75 Å². The van der Waals surface area contributed by atoms with Crippen LogP contribution in [0.4, 0.5) is 4.79 Å². The molecular weight excluding hydrogens is 236 g/mol. The predicted octanol–water partition coefficient (Wildman–Crippen LogP) is 0.924. The maximum Gasteiger partial charge on any atom is 0.321 e. The van der Waals surface area contributed by atoms with Crippen LogP contribution in [0.2, 0.25) is 0 Å². The van der Waals surface area contributed by atoms with Crippen molar-refractivity contribution in [2.24, 2.45) is 0 Å². The number of nitrogens with one attached hydrogen (secondary N) is 2. The fraction of sp³-hybridized carbons (Fsp3) is 0.333. The molecule has 0 radical (unpaired) electrons. The summed E-state index contributed by atoms with van der Waals surface area (Å²) < 4.78 is 5.33. The fourth-order valence-electron chi connectivity index (χ4n) is 1.33. The molecule has 1 aromatic rings. The Morgan fingerprint density at radius 3 is 2.56 bits per heavy atom. The minimum atomic E-state index is -0.844. The normalized spacial score (nSPS) is 11.5. The third-order valence-corrected chi connectivity index (χ3v) is 2.18. The zero-order valence-electron chi connectivity index (χ0n) is 10.5. The summed E-state index contributed by atoms with van der Waals surface area (Å²) in [6.45, 7) is 3.31. The summed E-state index contributed by atoms with van der Waals surface area (Å²) in [4.78, 5) is 22.5. The number of urea groups is 1. The van der Waals surface area contributed by atoms with Gasteiger partial charge in [0.05, 0.1) is 0 Å². The topological polar surface area (TPSA) is 87.7 Å². The average molecular weight is 252 g/mol. The lowest BCUT2D eigenvalue weighted by Gasteiger charge is -2.14. The van der Waals surface area contributed by atoms with Crippen LogP contribution in [-0.2, 0) is 4.79 Å². The first-order chi connectivity index (χ1) is 8.42. The second-order valence-electron chi connectivity index (χ2n) is 3.83. The quantitative estimate of drug-likeness (QED) is 0.746.